The number of likely N-dealkylation sites (tertiary alicyclic amines) is 1. The Morgan fingerprint density at radius 3 is 3.11 bits per heavy atom. The van der Waals surface area contributed by atoms with Crippen molar-refractivity contribution in [3.05, 3.63) is 28.8 Å². The van der Waals surface area contributed by atoms with Crippen molar-refractivity contribution in [2.45, 2.75) is 19.3 Å². The van der Waals surface area contributed by atoms with Crippen LogP contribution in [0.1, 0.15) is 25.1 Å². The maximum Gasteiger partial charge on any atom is 0.134 e. The minimum absolute atomic E-state index is 0.505. The first-order valence-electron chi connectivity index (χ1n) is 6.35. The first-order chi connectivity index (χ1) is 8.70. The molecule has 5 heteroatoms. The number of imidazole rings is 1. The van der Waals surface area contributed by atoms with E-state index in [1.807, 2.05) is 18.3 Å². The molecule has 18 heavy (non-hydrogen) atoms. The largest absolute Gasteiger partial charge is 0.397 e. The van der Waals surface area contributed by atoms with Gasteiger partial charge in [0.15, 0.2) is 0 Å². The number of rotatable bonds is 2. The van der Waals surface area contributed by atoms with Crippen molar-refractivity contribution in [3.8, 4) is 0 Å². The first-order valence-corrected chi connectivity index (χ1v) is 7.14. The molecule has 1 unspecified atom stereocenters. The van der Waals surface area contributed by atoms with Crippen molar-refractivity contribution in [2.24, 2.45) is 0 Å². The zero-order valence-corrected chi connectivity index (χ0v) is 12.0. The molecule has 1 fully saturated rings. The van der Waals surface area contributed by atoms with Gasteiger partial charge < -0.3 is 15.0 Å². The lowest BCUT2D eigenvalue weighted by atomic mass is 10.1. The topological polar surface area (TPSA) is 46.6 Å². The average molecular weight is 309 g/mol. The van der Waals surface area contributed by atoms with Crippen molar-refractivity contribution in [2.75, 3.05) is 25.4 Å². The summed E-state index contributed by atoms with van der Waals surface area (Å²) >= 11 is 3.52. The summed E-state index contributed by atoms with van der Waals surface area (Å²) in [5, 5.41) is 0. The molecule has 2 aromatic rings. The van der Waals surface area contributed by atoms with Crippen molar-refractivity contribution in [3.63, 3.8) is 0 Å². The number of fused-ring (bicyclic) bond motifs is 1. The van der Waals surface area contributed by atoms with Crippen molar-refractivity contribution >= 4 is 27.1 Å². The summed E-state index contributed by atoms with van der Waals surface area (Å²) in [4.78, 5) is 7.14. The number of nitrogen functional groups attached to an aromatic ring is 1. The Balaban J connectivity index is 2.06. The molecular formula is C13H17BrN4. The Labute approximate surface area is 115 Å². The molecule has 3 heterocycles. The van der Waals surface area contributed by atoms with Gasteiger partial charge in [-0.1, -0.05) is 6.92 Å². The molecule has 0 radical (unpaired) electrons. The molecule has 0 aliphatic carbocycles. The standard InChI is InChI=1S/C13H17BrN4/c1-2-17-7-5-9(8-17)13-16-12(14)11-10(15)4-3-6-18(11)13/h3-4,6,9H,2,5,7-8,15H2,1H3. The maximum absolute atomic E-state index is 6.02. The van der Waals surface area contributed by atoms with Gasteiger partial charge in [-0.3, -0.25) is 0 Å². The van der Waals surface area contributed by atoms with Crippen molar-refractivity contribution < 1.29 is 0 Å². The van der Waals surface area contributed by atoms with Gasteiger partial charge in [-0.15, -0.1) is 0 Å². The van der Waals surface area contributed by atoms with Gasteiger partial charge in [0.05, 0.1) is 5.69 Å². The molecule has 1 saturated heterocycles. The highest BCUT2D eigenvalue weighted by molar-refractivity contribution is 9.10. The zero-order chi connectivity index (χ0) is 12.7. The van der Waals surface area contributed by atoms with Crippen LogP contribution >= 0.6 is 15.9 Å². The molecule has 3 rings (SSSR count). The molecule has 0 spiro atoms. The molecule has 0 bridgehead atoms. The number of nitrogens with two attached hydrogens (primary N) is 1. The maximum atomic E-state index is 6.02. The van der Waals surface area contributed by atoms with Crippen LogP contribution < -0.4 is 5.73 Å². The van der Waals surface area contributed by atoms with E-state index >= 15 is 0 Å². The fraction of sp³-hybridized carbons (Fsp3) is 0.462. The second kappa shape index (κ2) is 4.55. The van der Waals surface area contributed by atoms with Crippen LogP contribution in [0.3, 0.4) is 0 Å². The second-order valence-corrected chi connectivity index (χ2v) is 5.57. The lowest BCUT2D eigenvalue weighted by molar-refractivity contribution is 0.352. The van der Waals surface area contributed by atoms with Crippen molar-refractivity contribution in [1.82, 2.24) is 14.3 Å². The van der Waals surface area contributed by atoms with Crippen LogP contribution in [0.25, 0.3) is 5.52 Å². The second-order valence-electron chi connectivity index (χ2n) is 4.82. The summed E-state index contributed by atoms with van der Waals surface area (Å²) in [5.41, 5.74) is 7.78. The number of hydrogen-bond donors (Lipinski definition) is 1. The molecule has 1 aliphatic heterocycles. The summed E-state index contributed by atoms with van der Waals surface area (Å²) in [7, 11) is 0. The smallest absolute Gasteiger partial charge is 0.134 e. The van der Waals surface area contributed by atoms with Crippen LogP contribution in [-0.4, -0.2) is 33.9 Å². The van der Waals surface area contributed by atoms with Gasteiger partial charge >= 0.3 is 0 Å². The van der Waals surface area contributed by atoms with E-state index < -0.39 is 0 Å². The zero-order valence-electron chi connectivity index (χ0n) is 10.4. The first kappa shape index (κ1) is 12.0. The van der Waals surface area contributed by atoms with Crippen LogP contribution in [0.2, 0.25) is 0 Å². The van der Waals surface area contributed by atoms with Crippen LogP contribution in [0.4, 0.5) is 5.69 Å². The van der Waals surface area contributed by atoms with Crippen LogP contribution in [-0.2, 0) is 0 Å². The number of anilines is 1. The lowest BCUT2D eigenvalue weighted by Crippen LogP contribution is -2.19. The Hall–Kier alpha value is -1.07. The molecule has 0 saturated carbocycles. The molecule has 4 nitrogen and oxygen atoms in total. The summed E-state index contributed by atoms with van der Waals surface area (Å²) in [6.07, 6.45) is 3.22. The minimum atomic E-state index is 0.505. The van der Waals surface area contributed by atoms with Gasteiger partial charge in [0.25, 0.3) is 0 Å². The Kier molecular flexibility index (Phi) is 3.03. The molecule has 2 aromatic heterocycles. The molecular weight excluding hydrogens is 292 g/mol. The van der Waals surface area contributed by atoms with E-state index in [1.54, 1.807) is 0 Å². The third-order valence-corrected chi connectivity index (χ3v) is 4.32. The fourth-order valence-electron chi connectivity index (χ4n) is 2.76. The van der Waals surface area contributed by atoms with E-state index in [0.717, 1.165) is 41.3 Å². The molecule has 0 aromatic carbocycles. The van der Waals surface area contributed by atoms with Gasteiger partial charge in [-0.05, 0) is 47.6 Å². The van der Waals surface area contributed by atoms with E-state index in [-0.39, 0.29) is 0 Å². The Bertz CT molecular complexity index is 578. The summed E-state index contributed by atoms with van der Waals surface area (Å²) < 4.78 is 2.98. The van der Waals surface area contributed by atoms with E-state index in [4.69, 9.17) is 5.73 Å². The minimum Gasteiger partial charge on any atom is -0.397 e. The number of aromatic nitrogens is 2. The highest BCUT2D eigenvalue weighted by Gasteiger charge is 2.27. The molecule has 1 aliphatic rings. The molecule has 0 amide bonds. The average Bonchev–Trinajstić information content (AvgIpc) is 2.94. The van der Waals surface area contributed by atoms with Gasteiger partial charge in [0.1, 0.15) is 15.9 Å². The number of pyridine rings is 1. The van der Waals surface area contributed by atoms with Gasteiger partial charge in [0.2, 0.25) is 0 Å². The van der Waals surface area contributed by atoms with Crippen LogP contribution in [0.5, 0.6) is 0 Å². The third kappa shape index (κ3) is 1.82. The fourth-order valence-corrected chi connectivity index (χ4v) is 3.36. The molecule has 1 atom stereocenters. The highest BCUT2D eigenvalue weighted by atomic mass is 79.9. The number of nitrogens with zero attached hydrogens (tertiary/aromatic N) is 3. The van der Waals surface area contributed by atoms with Crippen LogP contribution in [0, 0.1) is 0 Å². The number of likely N-dealkylation sites (N-methyl/N-ethyl adjacent to an activating group) is 1. The third-order valence-electron chi connectivity index (χ3n) is 3.76. The highest BCUT2D eigenvalue weighted by Crippen LogP contribution is 2.31. The monoisotopic (exact) mass is 308 g/mol. The van der Waals surface area contributed by atoms with Gasteiger partial charge in [-0.25, -0.2) is 4.98 Å². The van der Waals surface area contributed by atoms with Gasteiger partial charge in [-0.2, -0.15) is 0 Å². The number of halogens is 1. The predicted molar refractivity (Wildman–Crippen MR) is 76.8 cm³/mol. The molecule has 2 N–H and O–H groups in total. The van der Waals surface area contributed by atoms with Crippen LogP contribution in [0.15, 0.2) is 22.9 Å². The summed E-state index contributed by atoms with van der Waals surface area (Å²) in [6, 6.07) is 3.89. The van der Waals surface area contributed by atoms with E-state index in [2.05, 4.69) is 37.1 Å². The van der Waals surface area contributed by atoms with Gasteiger partial charge in [0, 0.05) is 18.7 Å². The quantitative estimate of drug-likeness (QED) is 0.927. The lowest BCUT2D eigenvalue weighted by Gasteiger charge is -2.12. The molecule has 96 valence electrons. The Morgan fingerprint density at radius 1 is 1.56 bits per heavy atom. The van der Waals surface area contributed by atoms with E-state index in [9.17, 15) is 0 Å². The SMILES string of the molecule is CCN1CCC(c2nc(Br)c3c(N)cccn23)C1. The van der Waals surface area contributed by atoms with E-state index in [0.29, 0.717) is 5.92 Å². The summed E-state index contributed by atoms with van der Waals surface area (Å²) in [6.45, 7) is 5.58. The van der Waals surface area contributed by atoms with E-state index in [1.165, 1.54) is 6.42 Å². The summed E-state index contributed by atoms with van der Waals surface area (Å²) in [5.74, 6) is 1.63. The Morgan fingerprint density at radius 2 is 2.39 bits per heavy atom. The number of hydrogen-bond acceptors (Lipinski definition) is 3. The predicted octanol–water partition coefficient (Wildman–Crippen LogP) is 2.49. The normalized spacial score (nSPS) is 20.9. The van der Waals surface area contributed by atoms with Crippen molar-refractivity contribution in [1.29, 1.82) is 0 Å².